The number of hydrogen-bond donors (Lipinski definition) is 1. The molecule has 0 aliphatic rings. The number of esters is 1. The highest BCUT2D eigenvalue weighted by Crippen LogP contribution is 2.25. The van der Waals surface area contributed by atoms with Crippen LogP contribution in [-0.2, 0) is 14.3 Å². The van der Waals surface area contributed by atoms with E-state index in [-0.39, 0.29) is 13.0 Å². The molecule has 0 aromatic heterocycles. The molecule has 0 atom stereocenters. The van der Waals surface area contributed by atoms with Gasteiger partial charge in [-0.15, -0.1) is 0 Å². The summed E-state index contributed by atoms with van der Waals surface area (Å²) < 4.78 is 40.4. The number of carbonyl (C=O) groups is 2. The van der Waals surface area contributed by atoms with Gasteiger partial charge in [0.25, 0.3) is 5.78 Å². The van der Waals surface area contributed by atoms with Crippen molar-refractivity contribution in [1.82, 2.24) is 0 Å². The Bertz CT molecular complexity index is 260. The molecule has 0 aromatic carbocycles. The van der Waals surface area contributed by atoms with Crippen LogP contribution in [0.3, 0.4) is 0 Å². The van der Waals surface area contributed by atoms with E-state index in [0.717, 1.165) is 13.8 Å². The van der Waals surface area contributed by atoms with Gasteiger partial charge >= 0.3 is 12.1 Å². The zero-order valence-electron chi connectivity index (χ0n) is 8.35. The van der Waals surface area contributed by atoms with Gasteiger partial charge in [-0.25, -0.2) is 0 Å². The molecule has 4 nitrogen and oxygen atoms in total. The minimum absolute atomic E-state index is 0.0465. The van der Waals surface area contributed by atoms with Crippen LogP contribution in [0.5, 0.6) is 0 Å². The second-order valence-electron chi connectivity index (χ2n) is 3.35. The lowest BCUT2D eigenvalue weighted by atomic mass is 10.0. The molecule has 7 heteroatoms. The first-order chi connectivity index (χ1) is 6.61. The molecule has 0 rings (SSSR count). The number of ether oxygens (including phenoxy) is 1. The minimum atomic E-state index is -5.02. The maximum atomic E-state index is 12.0. The van der Waals surface area contributed by atoms with Gasteiger partial charge in [0.2, 0.25) is 0 Å². The van der Waals surface area contributed by atoms with Crippen molar-refractivity contribution in [3.8, 4) is 0 Å². The van der Waals surface area contributed by atoms with Crippen molar-refractivity contribution in [2.45, 2.75) is 32.0 Å². The van der Waals surface area contributed by atoms with Crippen molar-refractivity contribution in [1.29, 1.82) is 0 Å². The van der Waals surface area contributed by atoms with Gasteiger partial charge < -0.3 is 10.5 Å². The Hall–Kier alpha value is -1.11. The predicted molar refractivity (Wildman–Crippen MR) is 44.9 cm³/mol. The molecule has 0 fully saturated rings. The highest BCUT2D eigenvalue weighted by Gasteiger charge is 2.50. The van der Waals surface area contributed by atoms with Gasteiger partial charge in [-0.2, -0.15) is 13.2 Å². The second kappa shape index (κ2) is 4.61. The average molecular weight is 227 g/mol. The highest BCUT2D eigenvalue weighted by atomic mass is 19.4. The third-order valence-electron chi connectivity index (χ3n) is 1.52. The molecule has 0 amide bonds. The Kier molecular flexibility index (Phi) is 4.27. The summed E-state index contributed by atoms with van der Waals surface area (Å²) in [5.41, 5.74) is 2.80. The Balaban J connectivity index is 4.55. The molecule has 0 saturated carbocycles. The molecule has 0 aliphatic carbocycles. The fourth-order valence-electron chi connectivity index (χ4n) is 0.841. The van der Waals surface area contributed by atoms with Crippen molar-refractivity contribution >= 4 is 11.8 Å². The second-order valence-corrected chi connectivity index (χ2v) is 3.35. The van der Waals surface area contributed by atoms with E-state index in [1.165, 1.54) is 0 Å². The summed E-state index contributed by atoms with van der Waals surface area (Å²) in [4.78, 5) is 21.7. The number of carbonyl (C=O) groups excluding carboxylic acids is 2. The van der Waals surface area contributed by atoms with Crippen LogP contribution in [-0.4, -0.2) is 30.1 Å². The Morgan fingerprint density at radius 1 is 1.27 bits per heavy atom. The lowest BCUT2D eigenvalue weighted by Gasteiger charge is -2.24. The zero-order valence-corrected chi connectivity index (χ0v) is 8.35. The first kappa shape index (κ1) is 13.9. The van der Waals surface area contributed by atoms with Gasteiger partial charge in [0.05, 0.1) is 6.42 Å². The summed E-state index contributed by atoms with van der Waals surface area (Å²) in [6, 6.07) is 0. The summed E-state index contributed by atoms with van der Waals surface area (Å²) >= 11 is 0. The largest absolute Gasteiger partial charge is 0.454 e. The number of rotatable bonds is 4. The molecular formula is C8H12F3NO3. The van der Waals surface area contributed by atoms with Crippen LogP contribution in [0.15, 0.2) is 0 Å². The maximum Gasteiger partial charge on any atom is 0.454 e. The van der Waals surface area contributed by atoms with Crippen LogP contribution in [0.25, 0.3) is 0 Å². The minimum Gasteiger partial charge on any atom is -0.451 e. The van der Waals surface area contributed by atoms with Gasteiger partial charge in [-0.05, 0) is 13.8 Å². The fourth-order valence-corrected chi connectivity index (χ4v) is 0.841. The summed E-state index contributed by atoms with van der Waals surface area (Å²) in [6.07, 6.45) is -5.25. The van der Waals surface area contributed by atoms with E-state index in [1.54, 1.807) is 0 Å². The van der Waals surface area contributed by atoms with E-state index < -0.39 is 23.5 Å². The number of halogens is 3. The van der Waals surface area contributed by atoms with Crippen LogP contribution in [0.2, 0.25) is 0 Å². The molecule has 0 bridgehead atoms. The van der Waals surface area contributed by atoms with Crippen molar-refractivity contribution in [3.63, 3.8) is 0 Å². The summed E-state index contributed by atoms with van der Waals surface area (Å²) in [5.74, 6) is -3.03. The molecule has 0 saturated heterocycles. The van der Waals surface area contributed by atoms with Crippen LogP contribution in [0.4, 0.5) is 13.2 Å². The van der Waals surface area contributed by atoms with Gasteiger partial charge in [0.15, 0.2) is 5.60 Å². The van der Waals surface area contributed by atoms with Gasteiger partial charge in [0.1, 0.15) is 0 Å². The molecule has 15 heavy (non-hydrogen) atoms. The van der Waals surface area contributed by atoms with Gasteiger partial charge in [-0.1, -0.05) is 0 Å². The zero-order chi connectivity index (χ0) is 12.3. The average Bonchev–Trinajstić information content (AvgIpc) is 2.00. The van der Waals surface area contributed by atoms with Gasteiger partial charge in [-0.3, -0.25) is 9.59 Å². The standard InChI is InChI=1S/C8H12F3NO3/c1-7(2,6(14)8(9,10)11)15-5(13)3-4-12/h3-4,12H2,1-2H3. The topological polar surface area (TPSA) is 69.4 Å². The summed E-state index contributed by atoms with van der Waals surface area (Å²) in [7, 11) is 0. The molecule has 2 N–H and O–H groups in total. The Morgan fingerprint density at radius 2 is 1.73 bits per heavy atom. The van der Waals surface area contributed by atoms with Crippen molar-refractivity contribution in [2.75, 3.05) is 6.54 Å². The molecular weight excluding hydrogens is 215 g/mol. The van der Waals surface area contributed by atoms with Crippen molar-refractivity contribution in [3.05, 3.63) is 0 Å². The molecule has 0 aromatic rings. The van der Waals surface area contributed by atoms with Crippen LogP contribution < -0.4 is 5.73 Å². The first-order valence-electron chi connectivity index (χ1n) is 4.15. The van der Waals surface area contributed by atoms with Crippen molar-refractivity contribution < 1.29 is 27.5 Å². The van der Waals surface area contributed by atoms with Crippen LogP contribution >= 0.6 is 0 Å². The molecule has 0 unspecified atom stereocenters. The third kappa shape index (κ3) is 4.28. The number of Topliss-reactive ketones (excluding diaryl/α,β-unsaturated/α-hetero) is 1. The lowest BCUT2D eigenvalue weighted by molar-refractivity contribution is -0.194. The molecule has 0 heterocycles. The van der Waals surface area contributed by atoms with E-state index in [9.17, 15) is 22.8 Å². The SMILES string of the molecule is CC(C)(OC(=O)CCN)C(=O)C(F)(F)F. The monoisotopic (exact) mass is 227 g/mol. The predicted octanol–water partition coefficient (Wildman–Crippen LogP) is 0.788. The first-order valence-corrected chi connectivity index (χ1v) is 4.15. The Morgan fingerprint density at radius 3 is 2.07 bits per heavy atom. The van der Waals surface area contributed by atoms with E-state index in [0.29, 0.717) is 0 Å². The van der Waals surface area contributed by atoms with Crippen LogP contribution in [0.1, 0.15) is 20.3 Å². The Labute approximate surface area is 84.6 Å². The lowest BCUT2D eigenvalue weighted by Crippen LogP contribution is -2.45. The quantitative estimate of drug-likeness (QED) is 0.721. The number of nitrogens with two attached hydrogens (primary N) is 1. The number of alkyl halides is 3. The van der Waals surface area contributed by atoms with Gasteiger partial charge in [0, 0.05) is 6.54 Å². The number of ketones is 1. The van der Waals surface area contributed by atoms with Crippen molar-refractivity contribution in [2.24, 2.45) is 5.73 Å². The summed E-state index contributed by atoms with van der Waals surface area (Å²) in [5, 5.41) is 0. The maximum absolute atomic E-state index is 12.0. The number of hydrogen-bond acceptors (Lipinski definition) is 4. The summed E-state index contributed by atoms with van der Waals surface area (Å²) in [6.45, 7) is 1.73. The van der Waals surface area contributed by atoms with E-state index in [1.807, 2.05) is 0 Å². The normalized spacial score (nSPS) is 12.4. The molecule has 88 valence electrons. The molecule has 0 spiro atoms. The third-order valence-corrected chi connectivity index (χ3v) is 1.52. The van der Waals surface area contributed by atoms with Crippen LogP contribution in [0, 0.1) is 0 Å². The fraction of sp³-hybridized carbons (Fsp3) is 0.750. The van der Waals surface area contributed by atoms with E-state index in [4.69, 9.17) is 5.73 Å². The smallest absolute Gasteiger partial charge is 0.451 e. The van der Waals surface area contributed by atoms with E-state index >= 15 is 0 Å². The molecule has 0 aliphatic heterocycles. The van der Waals surface area contributed by atoms with E-state index in [2.05, 4.69) is 4.74 Å². The highest BCUT2D eigenvalue weighted by molar-refractivity contribution is 5.93. The molecule has 0 radical (unpaired) electrons.